The number of rotatable bonds is 7. The van der Waals surface area contributed by atoms with Crippen molar-refractivity contribution in [2.45, 2.75) is 11.3 Å². The van der Waals surface area contributed by atoms with Crippen molar-refractivity contribution in [1.29, 1.82) is 0 Å². The van der Waals surface area contributed by atoms with Gasteiger partial charge in [-0.05, 0) is 30.3 Å². The molecule has 0 spiro atoms. The fourth-order valence-electron chi connectivity index (χ4n) is 1.83. The topological polar surface area (TPSA) is 78.8 Å². The average molecular weight is 363 g/mol. The van der Waals surface area contributed by atoms with Crippen molar-refractivity contribution in [3.8, 4) is 0 Å². The largest absolute Gasteiger partial charge is 0.478 e. The number of amides is 1. The number of thioether (sulfide) groups is 1. The lowest BCUT2D eigenvalue weighted by atomic mass is 10.1. The van der Waals surface area contributed by atoms with Gasteiger partial charge in [0.1, 0.15) is 0 Å². The van der Waals surface area contributed by atoms with Gasteiger partial charge in [-0.3, -0.25) is 4.79 Å². The molecule has 0 atom stereocenters. The Kier molecular flexibility index (Phi) is 6.84. The lowest BCUT2D eigenvalue weighted by Crippen LogP contribution is -2.18. The number of hydrogen-bond donors (Lipinski definition) is 2. The minimum Gasteiger partial charge on any atom is -0.478 e. The standard InChI is InChI=1S/C17H15ClN2O3S/c18-13-5-7-14(8-6-13)24-10-9-16(21)20-19-11-12-3-1-2-4-15(12)17(22)23/h1-8,11H,9-10H2,(H,20,21)(H,22,23)/b19-11+. The molecule has 0 aromatic heterocycles. The average Bonchev–Trinajstić information content (AvgIpc) is 2.57. The van der Waals surface area contributed by atoms with Crippen molar-refractivity contribution in [3.63, 3.8) is 0 Å². The first-order valence-corrected chi connectivity index (χ1v) is 8.45. The lowest BCUT2D eigenvalue weighted by Gasteiger charge is -2.02. The van der Waals surface area contributed by atoms with Gasteiger partial charge < -0.3 is 5.11 Å². The van der Waals surface area contributed by atoms with E-state index in [1.807, 2.05) is 12.1 Å². The Labute approximate surface area is 148 Å². The van der Waals surface area contributed by atoms with Gasteiger partial charge in [0.05, 0.1) is 11.8 Å². The molecule has 0 bridgehead atoms. The maximum absolute atomic E-state index is 11.7. The number of carbonyl (C=O) groups excluding carboxylic acids is 1. The number of hydrazone groups is 1. The summed E-state index contributed by atoms with van der Waals surface area (Å²) in [6.07, 6.45) is 1.62. The number of aromatic carboxylic acids is 1. The lowest BCUT2D eigenvalue weighted by molar-refractivity contribution is -0.120. The van der Waals surface area contributed by atoms with Gasteiger partial charge in [0.25, 0.3) is 0 Å². The molecule has 1 amide bonds. The van der Waals surface area contributed by atoms with E-state index in [1.54, 1.807) is 42.1 Å². The van der Waals surface area contributed by atoms with Gasteiger partial charge in [-0.2, -0.15) is 5.10 Å². The number of hydrogen-bond acceptors (Lipinski definition) is 4. The second kappa shape index (κ2) is 9.10. The molecule has 5 nitrogen and oxygen atoms in total. The third-order valence-electron chi connectivity index (χ3n) is 3.00. The summed E-state index contributed by atoms with van der Waals surface area (Å²) in [4.78, 5) is 23.8. The molecule has 2 aromatic carbocycles. The van der Waals surface area contributed by atoms with Crippen LogP contribution >= 0.6 is 23.4 Å². The third-order valence-corrected chi connectivity index (χ3v) is 4.26. The first kappa shape index (κ1) is 18.0. The molecule has 2 N–H and O–H groups in total. The minimum absolute atomic E-state index is 0.133. The summed E-state index contributed by atoms with van der Waals surface area (Å²) in [6, 6.07) is 13.8. The van der Waals surface area contributed by atoms with E-state index in [-0.39, 0.29) is 11.5 Å². The molecular weight excluding hydrogens is 348 g/mol. The molecule has 24 heavy (non-hydrogen) atoms. The Hall–Kier alpha value is -2.31. The zero-order valence-corrected chi connectivity index (χ0v) is 14.2. The van der Waals surface area contributed by atoms with Crippen LogP contribution < -0.4 is 5.43 Å². The molecule has 0 aliphatic heterocycles. The Morgan fingerprint density at radius 2 is 1.88 bits per heavy atom. The van der Waals surface area contributed by atoms with Crippen molar-refractivity contribution in [2.24, 2.45) is 5.10 Å². The molecule has 124 valence electrons. The summed E-state index contributed by atoms with van der Waals surface area (Å²) in [5.41, 5.74) is 2.96. The predicted molar refractivity (Wildman–Crippen MR) is 95.9 cm³/mol. The molecule has 7 heteroatoms. The quantitative estimate of drug-likeness (QED) is 0.447. The molecule has 0 heterocycles. The molecule has 0 aliphatic carbocycles. The van der Waals surface area contributed by atoms with Crippen LogP contribution in [-0.4, -0.2) is 29.0 Å². The van der Waals surface area contributed by atoms with Crippen LogP contribution in [0.5, 0.6) is 0 Å². The zero-order valence-electron chi connectivity index (χ0n) is 12.6. The summed E-state index contributed by atoms with van der Waals surface area (Å²) in [7, 11) is 0. The second-order valence-electron chi connectivity index (χ2n) is 4.74. The smallest absolute Gasteiger partial charge is 0.336 e. The van der Waals surface area contributed by atoms with Gasteiger partial charge in [0.15, 0.2) is 0 Å². The van der Waals surface area contributed by atoms with E-state index >= 15 is 0 Å². The Morgan fingerprint density at radius 1 is 1.17 bits per heavy atom. The first-order chi connectivity index (χ1) is 11.6. The van der Waals surface area contributed by atoms with Crippen molar-refractivity contribution in [1.82, 2.24) is 5.43 Å². The Balaban J connectivity index is 1.79. The minimum atomic E-state index is -1.04. The highest BCUT2D eigenvalue weighted by Crippen LogP contribution is 2.20. The van der Waals surface area contributed by atoms with Gasteiger partial charge in [0, 0.05) is 27.7 Å². The normalized spacial score (nSPS) is 10.7. The summed E-state index contributed by atoms with van der Waals surface area (Å²) >= 11 is 7.35. The van der Waals surface area contributed by atoms with E-state index in [4.69, 9.17) is 16.7 Å². The zero-order chi connectivity index (χ0) is 17.4. The molecule has 0 radical (unpaired) electrons. The second-order valence-corrected chi connectivity index (χ2v) is 6.34. The third kappa shape index (κ3) is 5.72. The van der Waals surface area contributed by atoms with Crippen LogP contribution in [-0.2, 0) is 4.79 Å². The van der Waals surface area contributed by atoms with Crippen molar-refractivity contribution >= 4 is 41.5 Å². The maximum atomic E-state index is 11.7. The summed E-state index contributed by atoms with van der Waals surface area (Å²) in [5.74, 6) is -0.669. The van der Waals surface area contributed by atoms with Gasteiger partial charge in [-0.1, -0.05) is 29.8 Å². The Bertz CT molecular complexity index is 748. The van der Waals surface area contributed by atoms with E-state index in [0.717, 1.165) is 4.90 Å². The van der Waals surface area contributed by atoms with Gasteiger partial charge in [-0.25, -0.2) is 10.2 Å². The van der Waals surface area contributed by atoms with Crippen LogP contribution in [0.3, 0.4) is 0 Å². The number of benzene rings is 2. The van der Waals surface area contributed by atoms with E-state index in [9.17, 15) is 9.59 Å². The summed E-state index contributed by atoms with van der Waals surface area (Å²) in [6.45, 7) is 0. The fraction of sp³-hybridized carbons (Fsp3) is 0.118. The van der Waals surface area contributed by atoms with Crippen LogP contribution in [0, 0.1) is 0 Å². The number of nitrogens with zero attached hydrogens (tertiary/aromatic N) is 1. The van der Waals surface area contributed by atoms with Gasteiger partial charge in [0.2, 0.25) is 5.91 Å². The number of nitrogens with one attached hydrogen (secondary N) is 1. The number of carboxylic acid groups (broad SMARTS) is 1. The van der Waals surface area contributed by atoms with E-state index in [0.29, 0.717) is 22.8 Å². The molecular formula is C17H15ClN2O3S. The van der Waals surface area contributed by atoms with Gasteiger partial charge in [-0.15, -0.1) is 11.8 Å². The van der Waals surface area contributed by atoms with Crippen LogP contribution in [0.15, 0.2) is 58.5 Å². The molecule has 2 rings (SSSR count). The Morgan fingerprint density at radius 3 is 2.58 bits per heavy atom. The number of halogens is 1. The highest BCUT2D eigenvalue weighted by Gasteiger charge is 2.07. The number of carboxylic acids is 1. The van der Waals surface area contributed by atoms with Crippen molar-refractivity contribution in [2.75, 3.05) is 5.75 Å². The van der Waals surface area contributed by atoms with E-state index < -0.39 is 5.97 Å². The molecule has 0 aliphatic rings. The van der Waals surface area contributed by atoms with Crippen LogP contribution in [0.1, 0.15) is 22.3 Å². The van der Waals surface area contributed by atoms with Crippen LogP contribution in [0.25, 0.3) is 0 Å². The number of carbonyl (C=O) groups is 2. The highest BCUT2D eigenvalue weighted by atomic mass is 35.5. The van der Waals surface area contributed by atoms with Crippen molar-refractivity contribution < 1.29 is 14.7 Å². The maximum Gasteiger partial charge on any atom is 0.336 e. The molecule has 0 saturated carbocycles. The fourth-order valence-corrected chi connectivity index (χ4v) is 2.80. The SMILES string of the molecule is O=C(CCSc1ccc(Cl)cc1)N/N=C/c1ccccc1C(=O)O. The predicted octanol–water partition coefficient (Wildman–Crippen LogP) is 3.67. The van der Waals surface area contributed by atoms with Crippen LogP contribution in [0.2, 0.25) is 5.02 Å². The molecule has 2 aromatic rings. The summed E-state index contributed by atoms with van der Waals surface area (Å²) in [5, 5.41) is 13.5. The van der Waals surface area contributed by atoms with Gasteiger partial charge >= 0.3 is 5.97 Å². The molecule has 0 saturated heterocycles. The van der Waals surface area contributed by atoms with E-state index in [2.05, 4.69) is 10.5 Å². The van der Waals surface area contributed by atoms with Crippen LogP contribution in [0.4, 0.5) is 0 Å². The first-order valence-electron chi connectivity index (χ1n) is 7.09. The van der Waals surface area contributed by atoms with Crippen molar-refractivity contribution in [3.05, 3.63) is 64.7 Å². The summed E-state index contributed by atoms with van der Waals surface area (Å²) < 4.78 is 0. The monoisotopic (exact) mass is 362 g/mol. The van der Waals surface area contributed by atoms with E-state index in [1.165, 1.54) is 12.3 Å². The molecule has 0 fully saturated rings. The highest BCUT2D eigenvalue weighted by molar-refractivity contribution is 7.99. The molecule has 0 unspecified atom stereocenters.